The zero-order chi connectivity index (χ0) is 18.6. The summed E-state index contributed by atoms with van der Waals surface area (Å²) in [6.45, 7) is 1.60. The van der Waals surface area contributed by atoms with Crippen molar-refractivity contribution in [2.75, 3.05) is 19.8 Å². The van der Waals surface area contributed by atoms with Crippen molar-refractivity contribution in [1.29, 1.82) is 0 Å². The van der Waals surface area contributed by atoms with E-state index in [1.807, 2.05) is 30.3 Å². The second-order valence-electron chi connectivity index (χ2n) is 6.54. The van der Waals surface area contributed by atoms with Crippen LogP contribution in [0.1, 0.15) is 18.4 Å². The van der Waals surface area contributed by atoms with E-state index in [1.54, 1.807) is 11.1 Å². The van der Waals surface area contributed by atoms with Crippen LogP contribution in [0.3, 0.4) is 0 Å². The van der Waals surface area contributed by atoms with Crippen LogP contribution in [-0.2, 0) is 30.3 Å². The number of carbonyl (C=O) groups is 2. The molecule has 0 unspecified atom stereocenters. The molecule has 4 rings (SSSR count). The van der Waals surface area contributed by atoms with Crippen molar-refractivity contribution in [3.8, 4) is 11.3 Å². The average molecular weight is 371 g/mol. The highest BCUT2D eigenvalue weighted by Crippen LogP contribution is 2.24. The van der Waals surface area contributed by atoms with Gasteiger partial charge in [0.15, 0.2) is 12.4 Å². The van der Waals surface area contributed by atoms with Gasteiger partial charge in [-0.25, -0.2) is 0 Å². The maximum absolute atomic E-state index is 13.0. The number of carbonyl (C=O) groups excluding carboxylic acids is 2. The van der Waals surface area contributed by atoms with Crippen LogP contribution in [0, 0.1) is 0 Å². The van der Waals surface area contributed by atoms with E-state index in [0.29, 0.717) is 26.2 Å². The number of aromatic amines is 1. The van der Waals surface area contributed by atoms with E-state index >= 15 is 0 Å². The monoisotopic (exact) mass is 371 g/mol. The van der Waals surface area contributed by atoms with Gasteiger partial charge >= 0.3 is 5.97 Å². The Morgan fingerprint density at radius 2 is 2.00 bits per heavy atom. The Labute approximate surface area is 156 Å². The minimum Gasteiger partial charge on any atom is -0.452 e. The highest BCUT2D eigenvalue weighted by molar-refractivity contribution is 5.86. The van der Waals surface area contributed by atoms with Crippen molar-refractivity contribution in [3.05, 3.63) is 42.1 Å². The van der Waals surface area contributed by atoms with Crippen molar-refractivity contribution in [2.45, 2.75) is 31.8 Å². The molecule has 1 atom stereocenters. The molecule has 0 radical (unpaired) electrons. The number of cyclic esters (lactones) is 1. The first-order valence-corrected chi connectivity index (χ1v) is 9.00. The third kappa shape index (κ3) is 4.01. The third-order valence-electron chi connectivity index (χ3n) is 4.67. The number of nitrogens with zero attached hydrogens (tertiary/aromatic N) is 2. The molecule has 3 heterocycles. The van der Waals surface area contributed by atoms with Gasteiger partial charge in [0.1, 0.15) is 0 Å². The van der Waals surface area contributed by atoms with Crippen LogP contribution in [0.2, 0.25) is 0 Å². The highest BCUT2D eigenvalue weighted by Gasteiger charge is 2.35. The van der Waals surface area contributed by atoms with Crippen LogP contribution < -0.4 is 0 Å². The van der Waals surface area contributed by atoms with Crippen LogP contribution >= 0.6 is 0 Å². The molecule has 2 aliphatic rings. The lowest BCUT2D eigenvalue weighted by atomic mass is 10.1. The van der Waals surface area contributed by atoms with Crippen LogP contribution in [0.4, 0.5) is 0 Å². The molecule has 1 aromatic heterocycles. The first-order chi connectivity index (χ1) is 13.2. The second-order valence-corrected chi connectivity index (χ2v) is 6.54. The smallest absolute Gasteiger partial charge is 0.306 e. The van der Waals surface area contributed by atoms with Gasteiger partial charge in [0.2, 0.25) is 0 Å². The van der Waals surface area contributed by atoms with Crippen molar-refractivity contribution >= 4 is 11.9 Å². The zero-order valence-electron chi connectivity index (χ0n) is 14.8. The molecule has 8 nitrogen and oxygen atoms in total. The maximum atomic E-state index is 13.0. The van der Waals surface area contributed by atoms with E-state index < -0.39 is 12.4 Å². The fraction of sp³-hybridized carbons (Fsp3) is 0.421. The number of rotatable bonds is 6. The van der Waals surface area contributed by atoms with Crippen molar-refractivity contribution in [1.82, 2.24) is 15.1 Å². The molecule has 2 saturated heterocycles. The first kappa shape index (κ1) is 17.7. The number of hydrogen-bond donors (Lipinski definition) is 1. The van der Waals surface area contributed by atoms with Crippen molar-refractivity contribution in [3.63, 3.8) is 0 Å². The molecule has 2 aliphatic heterocycles. The van der Waals surface area contributed by atoms with Gasteiger partial charge in [-0.2, -0.15) is 5.10 Å². The Kier molecular flexibility index (Phi) is 5.17. The van der Waals surface area contributed by atoms with Crippen LogP contribution in [0.5, 0.6) is 0 Å². The van der Waals surface area contributed by atoms with Gasteiger partial charge in [-0.05, 0) is 5.56 Å². The van der Waals surface area contributed by atoms with E-state index in [2.05, 4.69) is 10.2 Å². The van der Waals surface area contributed by atoms with Crippen molar-refractivity contribution in [2.24, 2.45) is 0 Å². The molecule has 142 valence electrons. The van der Waals surface area contributed by atoms with E-state index in [9.17, 15) is 9.59 Å². The summed E-state index contributed by atoms with van der Waals surface area (Å²) in [5.41, 5.74) is 2.71. The Bertz CT molecular complexity index is 801. The second kappa shape index (κ2) is 7.89. The molecule has 1 N–H and O–H groups in total. The average Bonchev–Trinajstić information content (AvgIpc) is 3.43. The fourth-order valence-electron chi connectivity index (χ4n) is 3.32. The quantitative estimate of drug-likeness (QED) is 0.773. The number of H-pyrrole nitrogens is 1. The summed E-state index contributed by atoms with van der Waals surface area (Å²) >= 11 is 0. The molecule has 2 fully saturated rings. The Morgan fingerprint density at radius 1 is 1.22 bits per heavy atom. The molecular formula is C19H21N3O5. The van der Waals surface area contributed by atoms with Gasteiger partial charge in [-0.3, -0.25) is 14.7 Å². The summed E-state index contributed by atoms with van der Waals surface area (Å²) < 4.78 is 16.2. The molecule has 0 aliphatic carbocycles. The van der Waals surface area contributed by atoms with Gasteiger partial charge in [-0.15, -0.1) is 0 Å². The number of hydrogen-bond acceptors (Lipinski definition) is 6. The number of amides is 1. The summed E-state index contributed by atoms with van der Waals surface area (Å²) in [6.07, 6.45) is 1.16. The van der Waals surface area contributed by atoms with Gasteiger partial charge in [0, 0.05) is 24.9 Å². The number of esters is 1. The lowest BCUT2D eigenvalue weighted by molar-refractivity contribution is -0.156. The zero-order valence-corrected chi connectivity index (χ0v) is 14.8. The maximum Gasteiger partial charge on any atom is 0.306 e. The number of benzene rings is 1. The molecule has 0 spiro atoms. The highest BCUT2D eigenvalue weighted by atomic mass is 16.7. The number of ether oxygens (including phenoxy) is 3. The van der Waals surface area contributed by atoms with Crippen LogP contribution in [-0.4, -0.2) is 59.1 Å². The summed E-state index contributed by atoms with van der Waals surface area (Å²) in [7, 11) is 0. The predicted molar refractivity (Wildman–Crippen MR) is 94.2 cm³/mol. The summed E-state index contributed by atoms with van der Waals surface area (Å²) in [5, 5.41) is 7.14. The summed E-state index contributed by atoms with van der Waals surface area (Å²) in [5.74, 6) is -0.574. The van der Waals surface area contributed by atoms with Crippen LogP contribution in [0.15, 0.2) is 36.5 Å². The molecular weight excluding hydrogens is 350 g/mol. The van der Waals surface area contributed by atoms with Gasteiger partial charge in [0.25, 0.3) is 5.91 Å². The van der Waals surface area contributed by atoms with Gasteiger partial charge < -0.3 is 19.1 Å². The minimum absolute atomic E-state index is 0.236. The largest absolute Gasteiger partial charge is 0.452 e. The SMILES string of the molecule is O=C1CC[C@@H](C(=O)N(Cc2cn[nH]c2-c2ccccc2)CC2OCCO2)O1. The lowest BCUT2D eigenvalue weighted by Crippen LogP contribution is -2.43. The van der Waals surface area contributed by atoms with Gasteiger partial charge in [-0.1, -0.05) is 30.3 Å². The van der Waals surface area contributed by atoms with E-state index in [1.165, 1.54) is 0 Å². The lowest BCUT2D eigenvalue weighted by Gasteiger charge is -2.27. The van der Waals surface area contributed by atoms with E-state index in [-0.39, 0.29) is 24.8 Å². The number of aromatic nitrogens is 2. The third-order valence-corrected chi connectivity index (χ3v) is 4.67. The molecule has 27 heavy (non-hydrogen) atoms. The first-order valence-electron chi connectivity index (χ1n) is 9.00. The van der Waals surface area contributed by atoms with Crippen molar-refractivity contribution < 1.29 is 23.8 Å². The molecule has 2 aromatic rings. The molecule has 1 aromatic carbocycles. The summed E-state index contributed by atoms with van der Waals surface area (Å²) in [4.78, 5) is 26.0. The number of nitrogens with one attached hydrogen (secondary N) is 1. The molecule has 8 heteroatoms. The van der Waals surface area contributed by atoms with E-state index in [0.717, 1.165) is 16.8 Å². The predicted octanol–water partition coefficient (Wildman–Crippen LogP) is 1.48. The molecule has 1 amide bonds. The summed E-state index contributed by atoms with van der Waals surface area (Å²) in [6, 6.07) is 9.79. The fourth-order valence-corrected chi connectivity index (χ4v) is 3.32. The van der Waals surface area contributed by atoms with Gasteiger partial charge in [0.05, 0.1) is 31.6 Å². The minimum atomic E-state index is -0.744. The normalized spacial score (nSPS) is 20.0. The molecule has 0 saturated carbocycles. The van der Waals surface area contributed by atoms with E-state index in [4.69, 9.17) is 14.2 Å². The molecule has 0 bridgehead atoms. The Hall–Kier alpha value is -2.71. The Balaban J connectivity index is 1.55. The Morgan fingerprint density at radius 3 is 2.70 bits per heavy atom. The standard InChI is InChI=1S/C19H21N3O5/c23-16-7-6-15(27-16)19(24)22(12-17-25-8-9-26-17)11-14-10-20-21-18(14)13-4-2-1-3-5-13/h1-5,10,15,17H,6-9,11-12H2,(H,20,21)/t15-/m0/s1. The topological polar surface area (TPSA) is 93.8 Å². The van der Waals surface area contributed by atoms with Crippen LogP contribution in [0.25, 0.3) is 11.3 Å².